The van der Waals surface area contributed by atoms with E-state index in [4.69, 9.17) is 4.74 Å². The van der Waals surface area contributed by atoms with Gasteiger partial charge in [0.05, 0.1) is 0 Å². The summed E-state index contributed by atoms with van der Waals surface area (Å²) in [6.45, 7) is 13.3. The second-order valence-electron chi connectivity index (χ2n) is 7.84. The molecule has 0 saturated carbocycles. The Balaban J connectivity index is 2.50. The molecule has 1 nitrogen and oxygen atoms in total. The predicted molar refractivity (Wildman–Crippen MR) is 119 cm³/mol. The van der Waals surface area contributed by atoms with Gasteiger partial charge in [0.15, 0.2) is 0 Å². The molecule has 2 heteroatoms. The third-order valence-electron chi connectivity index (χ3n) is 5.66. The van der Waals surface area contributed by atoms with E-state index in [1.54, 1.807) is 3.59 Å². The molecule has 1 rings (SSSR count). The van der Waals surface area contributed by atoms with Crippen LogP contribution in [0.25, 0.3) is 0 Å². The van der Waals surface area contributed by atoms with Crippen molar-refractivity contribution in [3.63, 3.8) is 0 Å². The average molecular weight is 465 g/mol. The SMILES string of the molecule is C=[C](CCCOCc1ccccc1)[Sn]([CH2]CCC)([CH2]CCC)[CH2]CCC. The molecule has 0 aliphatic rings. The van der Waals surface area contributed by atoms with Gasteiger partial charge in [0.2, 0.25) is 0 Å². The van der Waals surface area contributed by atoms with Gasteiger partial charge in [-0.1, -0.05) is 0 Å². The summed E-state index contributed by atoms with van der Waals surface area (Å²) in [6, 6.07) is 10.5. The molecule has 0 N–H and O–H groups in total. The molecule has 1 aromatic rings. The summed E-state index contributed by atoms with van der Waals surface area (Å²) in [5, 5.41) is 0. The first-order valence-corrected chi connectivity index (χ1v) is 18.5. The number of hydrogen-bond acceptors (Lipinski definition) is 1. The van der Waals surface area contributed by atoms with Crippen LogP contribution in [0, 0.1) is 0 Å². The van der Waals surface area contributed by atoms with Crippen LogP contribution in [0.1, 0.15) is 77.7 Å². The molecule has 0 aliphatic carbocycles. The standard InChI is InChI=1S/C12H15O.3C4H9.Sn/c1-2-3-7-10-13-11-12-8-5-4-6-9-12;3*1-3-4-2;/h4-6,8-9H,1,3,7,10-11H2;3*1,3-4H2,2H3;. The van der Waals surface area contributed by atoms with Gasteiger partial charge in [-0.3, -0.25) is 0 Å². The van der Waals surface area contributed by atoms with Crippen LogP contribution in [0.15, 0.2) is 40.5 Å². The quantitative estimate of drug-likeness (QED) is 0.178. The van der Waals surface area contributed by atoms with E-state index in [9.17, 15) is 0 Å². The molecule has 0 saturated heterocycles. The molecule has 1 aromatic carbocycles. The van der Waals surface area contributed by atoms with Gasteiger partial charge in [-0.15, -0.1) is 0 Å². The van der Waals surface area contributed by atoms with E-state index in [1.807, 2.05) is 0 Å². The van der Waals surface area contributed by atoms with Gasteiger partial charge in [-0.25, -0.2) is 0 Å². The van der Waals surface area contributed by atoms with Gasteiger partial charge in [-0.2, -0.15) is 0 Å². The zero-order chi connectivity index (χ0) is 19.1. The van der Waals surface area contributed by atoms with Crippen LogP contribution in [0.5, 0.6) is 0 Å². The second kappa shape index (κ2) is 14.7. The Morgan fingerprint density at radius 1 is 0.846 bits per heavy atom. The Morgan fingerprint density at radius 2 is 1.38 bits per heavy atom. The molecular formula is C24H42OSn. The monoisotopic (exact) mass is 466 g/mol. The molecule has 0 radical (unpaired) electrons. The number of rotatable bonds is 16. The molecular weight excluding hydrogens is 423 g/mol. The summed E-state index contributed by atoms with van der Waals surface area (Å²) < 4.78 is 12.2. The van der Waals surface area contributed by atoms with Crippen LogP contribution in [-0.4, -0.2) is 25.0 Å². The van der Waals surface area contributed by atoms with Gasteiger partial charge in [0.25, 0.3) is 0 Å². The molecule has 0 aromatic heterocycles. The van der Waals surface area contributed by atoms with E-state index >= 15 is 0 Å². The third-order valence-corrected chi connectivity index (χ3v) is 21.9. The Kier molecular flexibility index (Phi) is 13.5. The third kappa shape index (κ3) is 9.08. The minimum absolute atomic E-state index is 0.739. The fourth-order valence-corrected chi connectivity index (χ4v) is 19.9. The number of ether oxygens (including phenoxy) is 1. The fraction of sp³-hybridized carbons (Fsp3) is 0.667. The predicted octanol–water partition coefficient (Wildman–Crippen LogP) is 7.93. The number of unbranched alkanes of at least 4 members (excludes halogenated alkanes) is 3. The van der Waals surface area contributed by atoms with Crippen LogP contribution in [-0.2, 0) is 11.3 Å². The molecule has 0 amide bonds. The summed E-state index contributed by atoms with van der Waals surface area (Å²) in [6.07, 6.45) is 10.6. The van der Waals surface area contributed by atoms with E-state index in [1.165, 1.54) is 63.8 Å². The molecule has 0 fully saturated rings. The molecule has 0 aliphatic heterocycles. The number of allylic oxidation sites excluding steroid dienone is 1. The van der Waals surface area contributed by atoms with E-state index in [0.717, 1.165) is 19.6 Å². The molecule has 0 unspecified atom stereocenters. The first-order valence-electron chi connectivity index (χ1n) is 11.0. The maximum atomic E-state index is 5.91. The van der Waals surface area contributed by atoms with Crippen molar-refractivity contribution in [1.29, 1.82) is 0 Å². The van der Waals surface area contributed by atoms with Crippen molar-refractivity contribution < 1.29 is 4.74 Å². The van der Waals surface area contributed by atoms with Crippen molar-refractivity contribution >= 4 is 18.4 Å². The van der Waals surface area contributed by atoms with Crippen molar-refractivity contribution in [2.45, 2.75) is 92.1 Å². The van der Waals surface area contributed by atoms with Crippen LogP contribution in [0.3, 0.4) is 0 Å². The van der Waals surface area contributed by atoms with E-state index in [-0.39, 0.29) is 0 Å². The van der Waals surface area contributed by atoms with Crippen LogP contribution < -0.4 is 0 Å². The van der Waals surface area contributed by atoms with Gasteiger partial charge in [0.1, 0.15) is 0 Å². The first kappa shape index (κ1) is 23.8. The summed E-state index contributed by atoms with van der Waals surface area (Å²) in [7, 11) is 0. The summed E-state index contributed by atoms with van der Waals surface area (Å²) in [5.41, 5.74) is 1.27. The molecule has 0 heterocycles. The summed E-state index contributed by atoms with van der Waals surface area (Å²) >= 11 is -2.21. The molecule has 148 valence electrons. The van der Waals surface area contributed by atoms with Gasteiger partial charge < -0.3 is 0 Å². The van der Waals surface area contributed by atoms with E-state index in [0.29, 0.717) is 0 Å². The van der Waals surface area contributed by atoms with Gasteiger partial charge in [0, 0.05) is 0 Å². The van der Waals surface area contributed by atoms with Crippen molar-refractivity contribution in [1.82, 2.24) is 0 Å². The van der Waals surface area contributed by atoms with E-state index < -0.39 is 18.4 Å². The Bertz CT molecular complexity index is 447. The molecule has 0 bridgehead atoms. The zero-order valence-corrected chi connectivity index (χ0v) is 20.5. The van der Waals surface area contributed by atoms with Crippen molar-refractivity contribution in [2.24, 2.45) is 0 Å². The summed E-state index contributed by atoms with van der Waals surface area (Å²) in [4.78, 5) is 0. The molecule has 26 heavy (non-hydrogen) atoms. The number of benzene rings is 1. The fourth-order valence-electron chi connectivity index (χ4n) is 3.87. The molecule has 0 spiro atoms. The van der Waals surface area contributed by atoms with Crippen LogP contribution in [0.4, 0.5) is 0 Å². The summed E-state index contributed by atoms with van der Waals surface area (Å²) in [5.74, 6) is 0. The van der Waals surface area contributed by atoms with Gasteiger partial charge >= 0.3 is 168 Å². The Labute approximate surface area is 167 Å². The topological polar surface area (TPSA) is 9.23 Å². The van der Waals surface area contributed by atoms with Crippen LogP contribution >= 0.6 is 0 Å². The number of hydrogen-bond donors (Lipinski definition) is 0. The normalized spacial score (nSPS) is 11.7. The van der Waals surface area contributed by atoms with Crippen molar-refractivity contribution in [3.8, 4) is 0 Å². The zero-order valence-electron chi connectivity index (χ0n) is 17.7. The maximum absolute atomic E-state index is 5.91. The van der Waals surface area contributed by atoms with Crippen molar-refractivity contribution in [2.75, 3.05) is 6.61 Å². The Morgan fingerprint density at radius 3 is 1.88 bits per heavy atom. The second-order valence-corrected chi connectivity index (χ2v) is 21.4. The van der Waals surface area contributed by atoms with E-state index in [2.05, 4.69) is 57.7 Å². The minimum atomic E-state index is -2.21. The van der Waals surface area contributed by atoms with Crippen LogP contribution in [0.2, 0.25) is 13.3 Å². The first-order chi connectivity index (χ1) is 12.7. The Hall–Kier alpha value is -0.281. The van der Waals surface area contributed by atoms with Crippen molar-refractivity contribution in [3.05, 3.63) is 46.1 Å². The van der Waals surface area contributed by atoms with Gasteiger partial charge in [-0.05, 0) is 0 Å². The average Bonchev–Trinajstić information content (AvgIpc) is 2.68. The molecule has 0 atom stereocenters.